The van der Waals surface area contributed by atoms with Crippen molar-refractivity contribution in [2.24, 2.45) is 0 Å². The standard InChI is InChI=1S/C14H19N3O2/c1-9-14(15)10(2)17(16-9)8-11-5-6-12(18-3)7-13(11)19-4/h5-7H,8,15H2,1-4H3. The maximum atomic E-state index is 5.94. The summed E-state index contributed by atoms with van der Waals surface area (Å²) in [5.74, 6) is 1.55. The molecule has 1 heterocycles. The van der Waals surface area contributed by atoms with E-state index >= 15 is 0 Å². The number of nitrogens with two attached hydrogens (primary N) is 1. The zero-order valence-electron chi connectivity index (χ0n) is 11.7. The maximum absolute atomic E-state index is 5.94. The molecule has 102 valence electrons. The van der Waals surface area contributed by atoms with Crippen molar-refractivity contribution < 1.29 is 9.47 Å². The molecule has 0 atom stereocenters. The third-order valence-electron chi connectivity index (χ3n) is 3.25. The molecule has 2 rings (SSSR count). The van der Waals surface area contributed by atoms with Gasteiger partial charge in [0.15, 0.2) is 0 Å². The SMILES string of the molecule is COc1ccc(Cn2nc(C)c(N)c2C)c(OC)c1. The fraction of sp³-hybridized carbons (Fsp3) is 0.357. The number of aryl methyl sites for hydroxylation is 1. The highest BCUT2D eigenvalue weighted by molar-refractivity contribution is 5.47. The van der Waals surface area contributed by atoms with Gasteiger partial charge in [-0.15, -0.1) is 0 Å². The first-order valence-corrected chi connectivity index (χ1v) is 6.07. The lowest BCUT2D eigenvalue weighted by Gasteiger charge is -2.11. The third kappa shape index (κ3) is 2.50. The normalized spacial score (nSPS) is 10.5. The lowest BCUT2D eigenvalue weighted by atomic mass is 10.2. The van der Waals surface area contributed by atoms with Gasteiger partial charge in [-0.25, -0.2) is 0 Å². The summed E-state index contributed by atoms with van der Waals surface area (Å²) in [6, 6.07) is 5.75. The average molecular weight is 261 g/mol. The number of nitrogens with zero attached hydrogens (tertiary/aromatic N) is 2. The smallest absolute Gasteiger partial charge is 0.127 e. The zero-order chi connectivity index (χ0) is 14.0. The first kappa shape index (κ1) is 13.3. The van der Waals surface area contributed by atoms with Gasteiger partial charge in [0.05, 0.1) is 37.8 Å². The fourth-order valence-electron chi connectivity index (χ4n) is 2.01. The predicted octanol–water partition coefficient (Wildman–Crippen LogP) is 2.15. The number of benzene rings is 1. The molecule has 0 aliphatic carbocycles. The first-order valence-electron chi connectivity index (χ1n) is 6.07. The number of anilines is 1. The topological polar surface area (TPSA) is 62.3 Å². The van der Waals surface area contributed by atoms with Crippen LogP contribution in [0, 0.1) is 13.8 Å². The van der Waals surface area contributed by atoms with Crippen LogP contribution >= 0.6 is 0 Å². The molecule has 0 aliphatic heterocycles. The van der Waals surface area contributed by atoms with Crippen LogP contribution in [-0.2, 0) is 6.54 Å². The highest BCUT2D eigenvalue weighted by atomic mass is 16.5. The maximum Gasteiger partial charge on any atom is 0.127 e. The van der Waals surface area contributed by atoms with Gasteiger partial charge in [-0.3, -0.25) is 4.68 Å². The number of aromatic nitrogens is 2. The van der Waals surface area contributed by atoms with Crippen LogP contribution in [0.3, 0.4) is 0 Å². The molecule has 0 amide bonds. The van der Waals surface area contributed by atoms with E-state index in [0.29, 0.717) is 6.54 Å². The van der Waals surface area contributed by atoms with Crippen molar-refractivity contribution in [3.05, 3.63) is 35.2 Å². The first-order chi connectivity index (χ1) is 9.06. The van der Waals surface area contributed by atoms with Crippen LogP contribution in [0.1, 0.15) is 17.0 Å². The molecular weight excluding hydrogens is 242 g/mol. The third-order valence-corrected chi connectivity index (χ3v) is 3.25. The minimum absolute atomic E-state index is 0.622. The van der Waals surface area contributed by atoms with E-state index in [1.807, 2.05) is 36.7 Å². The van der Waals surface area contributed by atoms with Crippen LogP contribution in [0.5, 0.6) is 11.5 Å². The van der Waals surface area contributed by atoms with Gasteiger partial charge in [-0.1, -0.05) is 0 Å². The van der Waals surface area contributed by atoms with Crippen molar-refractivity contribution in [2.75, 3.05) is 20.0 Å². The molecule has 0 radical (unpaired) electrons. The molecule has 19 heavy (non-hydrogen) atoms. The summed E-state index contributed by atoms with van der Waals surface area (Å²) in [7, 11) is 3.28. The van der Waals surface area contributed by atoms with E-state index in [4.69, 9.17) is 15.2 Å². The van der Waals surface area contributed by atoms with E-state index in [0.717, 1.165) is 34.1 Å². The van der Waals surface area contributed by atoms with E-state index < -0.39 is 0 Å². The Morgan fingerprint density at radius 3 is 2.47 bits per heavy atom. The Bertz CT molecular complexity index is 591. The number of nitrogen functional groups attached to an aromatic ring is 1. The Morgan fingerprint density at radius 1 is 1.21 bits per heavy atom. The molecule has 0 unspecified atom stereocenters. The summed E-state index contributed by atoms with van der Waals surface area (Å²) in [4.78, 5) is 0. The summed E-state index contributed by atoms with van der Waals surface area (Å²) in [5, 5.41) is 4.43. The number of rotatable bonds is 4. The zero-order valence-corrected chi connectivity index (χ0v) is 11.7. The van der Waals surface area contributed by atoms with Crippen molar-refractivity contribution in [2.45, 2.75) is 20.4 Å². The quantitative estimate of drug-likeness (QED) is 0.916. The second-order valence-corrected chi connectivity index (χ2v) is 4.42. The number of hydrogen-bond acceptors (Lipinski definition) is 4. The minimum atomic E-state index is 0.622. The Balaban J connectivity index is 2.35. The summed E-state index contributed by atoms with van der Waals surface area (Å²) < 4.78 is 12.5. The van der Waals surface area contributed by atoms with E-state index in [2.05, 4.69) is 5.10 Å². The number of hydrogen-bond donors (Lipinski definition) is 1. The van der Waals surface area contributed by atoms with E-state index in [1.165, 1.54) is 0 Å². The Labute approximate surface area is 112 Å². The fourth-order valence-corrected chi connectivity index (χ4v) is 2.01. The Morgan fingerprint density at radius 2 is 1.95 bits per heavy atom. The van der Waals surface area contributed by atoms with Crippen LogP contribution in [0.25, 0.3) is 0 Å². The highest BCUT2D eigenvalue weighted by Gasteiger charge is 2.11. The van der Waals surface area contributed by atoms with E-state index in [9.17, 15) is 0 Å². The molecule has 2 N–H and O–H groups in total. The molecule has 0 fully saturated rings. The summed E-state index contributed by atoms with van der Waals surface area (Å²) in [6.07, 6.45) is 0. The molecule has 5 nitrogen and oxygen atoms in total. The van der Waals surface area contributed by atoms with Gasteiger partial charge in [-0.05, 0) is 26.0 Å². The minimum Gasteiger partial charge on any atom is -0.497 e. The van der Waals surface area contributed by atoms with Crippen LogP contribution in [0.2, 0.25) is 0 Å². The van der Waals surface area contributed by atoms with Crippen LogP contribution in [-0.4, -0.2) is 24.0 Å². The Hall–Kier alpha value is -2.17. The van der Waals surface area contributed by atoms with Crippen LogP contribution < -0.4 is 15.2 Å². The molecule has 0 saturated carbocycles. The highest BCUT2D eigenvalue weighted by Crippen LogP contribution is 2.26. The average Bonchev–Trinajstić information content (AvgIpc) is 2.67. The van der Waals surface area contributed by atoms with Crippen molar-refractivity contribution >= 4 is 5.69 Å². The van der Waals surface area contributed by atoms with Gasteiger partial charge in [0.2, 0.25) is 0 Å². The van der Waals surface area contributed by atoms with Crippen LogP contribution in [0.15, 0.2) is 18.2 Å². The molecule has 0 saturated heterocycles. The van der Waals surface area contributed by atoms with Gasteiger partial charge in [0.25, 0.3) is 0 Å². The van der Waals surface area contributed by atoms with Gasteiger partial charge in [0, 0.05) is 11.6 Å². The predicted molar refractivity (Wildman–Crippen MR) is 74.8 cm³/mol. The number of ether oxygens (including phenoxy) is 2. The molecule has 5 heteroatoms. The van der Waals surface area contributed by atoms with Crippen molar-refractivity contribution in [1.82, 2.24) is 9.78 Å². The Kier molecular flexibility index (Phi) is 3.64. The lowest BCUT2D eigenvalue weighted by molar-refractivity contribution is 0.389. The molecular formula is C14H19N3O2. The second-order valence-electron chi connectivity index (χ2n) is 4.42. The largest absolute Gasteiger partial charge is 0.497 e. The number of methoxy groups -OCH3 is 2. The van der Waals surface area contributed by atoms with E-state index in [-0.39, 0.29) is 0 Å². The van der Waals surface area contributed by atoms with Crippen molar-refractivity contribution in [3.8, 4) is 11.5 Å². The van der Waals surface area contributed by atoms with Gasteiger partial charge < -0.3 is 15.2 Å². The molecule has 0 spiro atoms. The van der Waals surface area contributed by atoms with Gasteiger partial charge in [-0.2, -0.15) is 5.10 Å². The molecule has 1 aromatic carbocycles. The van der Waals surface area contributed by atoms with E-state index in [1.54, 1.807) is 14.2 Å². The lowest BCUT2D eigenvalue weighted by Crippen LogP contribution is -2.06. The molecule has 1 aromatic heterocycles. The molecule has 0 aliphatic rings. The van der Waals surface area contributed by atoms with Crippen LogP contribution in [0.4, 0.5) is 5.69 Å². The van der Waals surface area contributed by atoms with Gasteiger partial charge >= 0.3 is 0 Å². The summed E-state index contributed by atoms with van der Waals surface area (Å²) in [6.45, 7) is 4.49. The molecule has 0 bridgehead atoms. The van der Waals surface area contributed by atoms with Gasteiger partial charge in [0.1, 0.15) is 11.5 Å². The summed E-state index contributed by atoms with van der Waals surface area (Å²) >= 11 is 0. The summed E-state index contributed by atoms with van der Waals surface area (Å²) in [5.41, 5.74) is 9.54. The van der Waals surface area contributed by atoms with Crippen molar-refractivity contribution in [1.29, 1.82) is 0 Å². The van der Waals surface area contributed by atoms with Crippen molar-refractivity contribution in [3.63, 3.8) is 0 Å². The second kappa shape index (κ2) is 5.22. The monoisotopic (exact) mass is 261 g/mol. The molecule has 2 aromatic rings.